The van der Waals surface area contributed by atoms with Gasteiger partial charge in [0, 0.05) is 34.1 Å². The highest BCUT2D eigenvalue weighted by atomic mass is 35.5. The van der Waals surface area contributed by atoms with Crippen molar-refractivity contribution >= 4 is 50.7 Å². The van der Waals surface area contributed by atoms with Crippen LogP contribution in [0.4, 0.5) is 5.69 Å². The molecular formula is C36H39Cl2N3O4S. The fraction of sp³-hybridized carbons (Fsp3) is 0.278. The van der Waals surface area contributed by atoms with Crippen LogP contribution in [0.2, 0.25) is 10.0 Å². The van der Waals surface area contributed by atoms with Crippen molar-refractivity contribution in [2.24, 2.45) is 0 Å². The maximum absolute atomic E-state index is 14.7. The standard InChI is InChI=1S/C36H39Cl2N3O4S/c1-25-14-12-21-32(26(25)2)41(46(44,45)28-17-10-7-11-18-28)24-34(42)40(23-29-30(37)19-13-20-31(29)38)33(35(43)39-36(3,4)5)22-27-15-8-6-9-16-27/h6-21,33H,22-24H2,1-5H3,(H,39,43). The van der Waals surface area contributed by atoms with Gasteiger partial charge >= 0.3 is 0 Å². The number of carbonyl (C=O) groups is 2. The van der Waals surface area contributed by atoms with Crippen molar-refractivity contribution in [1.82, 2.24) is 10.2 Å². The molecule has 0 heterocycles. The molecule has 0 radical (unpaired) electrons. The first kappa shape index (κ1) is 35.0. The van der Waals surface area contributed by atoms with Crippen LogP contribution in [0.5, 0.6) is 0 Å². The molecule has 0 saturated heterocycles. The lowest BCUT2D eigenvalue weighted by molar-refractivity contribution is -0.140. The van der Waals surface area contributed by atoms with Gasteiger partial charge in [-0.2, -0.15) is 0 Å². The molecule has 2 amide bonds. The van der Waals surface area contributed by atoms with E-state index in [0.717, 1.165) is 15.4 Å². The number of aryl methyl sites for hydroxylation is 1. The van der Waals surface area contributed by atoms with Crippen molar-refractivity contribution in [3.63, 3.8) is 0 Å². The molecule has 1 unspecified atom stereocenters. The molecule has 1 atom stereocenters. The topological polar surface area (TPSA) is 86.8 Å². The lowest BCUT2D eigenvalue weighted by Crippen LogP contribution is -2.56. The van der Waals surface area contributed by atoms with Crippen LogP contribution in [0.3, 0.4) is 0 Å². The van der Waals surface area contributed by atoms with E-state index in [1.165, 1.54) is 17.0 Å². The number of carbonyl (C=O) groups excluding carboxylic acids is 2. The van der Waals surface area contributed by atoms with Gasteiger partial charge < -0.3 is 10.2 Å². The van der Waals surface area contributed by atoms with Gasteiger partial charge in [0.2, 0.25) is 11.8 Å². The Morgan fingerprint density at radius 1 is 0.804 bits per heavy atom. The van der Waals surface area contributed by atoms with Crippen LogP contribution < -0.4 is 9.62 Å². The summed E-state index contributed by atoms with van der Waals surface area (Å²) in [6.07, 6.45) is 0.172. The van der Waals surface area contributed by atoms with Crippen LogP contribution in [0.25, 0.3) is 0 Å². The summed E-state index contributed by atoms with van der Waals surface area (Å²) in [5.41, 5.74) is 2.61. The van der Waals surface area contributed by atoms with Gasteiger partial charge in [-0.15, -0.1) is 0 Å². The Hall–Kier alpha value is -3.85. The summed E-state index contributed by atoms with van der Waals surface area (Å²) in [5.74, 6) is -0.988. The number of hydrogen-bond acceptors (Lipinski definition) is 4. The van der Waals surface area contributed by atoms with Crippen LogP contribution in [0.1, 0.15) is 43.0 Å². The molecule has 0 spiro atoms. The third-order valence-electron chi connectivity index (χ3n) is 7.61. The SMILES string of the molecule is Cc1cccc(N(CC(=O)N(Cc2c(Cl)cccc2Cl)C(Cc2ccccc2)C(=O)NC(C)(C)C)S(=O)(=O)c2ccccc2)c1C. The van der Waals surface area contributed by atoms with Gasteiger partial charge in [0.05, 0.1) is 10.6 Å². The number of amides is 2. The van der Waals surface area contributed by atoms with Crippen LogP contribution in [0, 0.1) is 13.8 Å². The Balaban J connectivity index is 1.88. The van der Waals surface area contributed by atoms with Crippen LogP contribution in [-0.2, 0) is 32.6 Å². The number of nitrogens with one attached hydrogen (secondary N) is 1. The first-order valence-electron chi connectivity index (χ1n) is 14.9. The zero-order valence-electron chi connectivity index (χ0n) is 26.6. The van der Waals surface area contributed by atoms with E-state index in [0.29, 0.717) is 26.9 Å². The van der Waals surface area contributed by atoms with Gasteiger partial charge in [0.25, 0.3) is 10.0 Å². The largest absolute Gasteiger partial charge is 0.350 e. The summed E-state index contributed by atoms with van der Waals surface area (Å²) in [4.78, 5) is 30.1. The Bertz CT molecular complexity index is 1770. The fourth-order valence-corrected chi connectivity index (χ4v) is 7.11. The Kier molecular flexibility index (Phi) is 11.2. The van der Waals surface area contributed by atoms with Crippen LogP contribution >= 0.6 is 23.2 Å². The molecule has 4 aromatic rings. The van der Waals surface area contributed by atoms with Crippen molar-refractivity contribution in [2.45, 2.75) is 64.1 Å². The van der Waals surface area contributed by atoms with Crippen molar-refractivity contribution in [1.29, 1.82) is 0 Å². The Morgan fingerprint density at radius 3 is 1.96 bits per heavy atom. The molecule has 0 aromatic heterocycles. The van der Waals surface area contributed by atoms with Crippen LogP contribution in [0.15, 0.2) is 102 Å². The van der Waals surface area contributed by atoms with E-state index in [9.17, 15) is 18.0 Å². The Labute approximate surface area is 282 Å². The van der Waals surface area contributed by atoms with Crippen molar-refractivity contribution < 1.29 is 18.0 Å². The molecule has 242 valence electrons. The zero-order valence-corrected chi connectivity index (χ0v) is 29.0. The molecule has 4 aromatic carbocycles. The molecule has 7 nitrogen and oxygen atoms in total. The van der Waals surface area contributed by atoms with E-state index >= 15 is 0 Å². The lowest BCUT2D eigenvalue weighted by Gasteiger charge is -2.36. The summed E-state index contributed by atoms with van der Waals surface area (Å²) in [6.45, 7) is 8.57. The van der Waals surface area contributed by atoms with E-state index in [1.807, 2.05) is 71.0 Å². The minimum absolute atomic E-state index is 0.0377. The molecular weight excluding hydrogens is 641 g/mol. The highest BCUT2D eigenvalue weighted by Gasteiger charge is 2.36. The minimum atomic E-state index is -4.21. The van der Waals surface area contributed by atoms with Crippen molar-refractivity contribution in [2.75, 3.05) is 10.8 Å². The predicted octanol–water partition coefficient (Wildman–Crippen LogP) is 7.36. The maximum atomic E-state index is 14.7. The van der Waals surface area contributed by atoms with Crippen molar-refractivity contribution in [3.05, 3.63) is 129 Å². The molecule has 0 aliphatic carbocycles. The van der Waals surface area contributed by atoms with Gasteiger partial charge in [-0.3, -0.25) is 13.9 Å². The van der Waals surface area contributed by atoms with E-state index in [-0.39, 0.29) is 17.9 Å². The first-order chi connectivity index (χ1) is 21.7. The predicted molar refractivity (Wildman–Crippen MR) is 186 cm³/mol. The second-order valence-electron chi connectivity index (χ2n) is 12.2. The molecule has 1 N–H and O–H groups in total. The summed E-state index contributed by atoms with van der Waals surface area (Å²) in [7, 11) is -4.21. The number of hydrogen-bond donors (Lipinski definition) is 1. The van der Waals surface area contributed by atoms with Gasteiger partial charge in [-0.05, 0) is 81.6 Å². The lowest BCUT2D eigenvalue weighted by atomic mass is 10.0. The second-order valence-corrected chi connectivity index (χ2v) is 14.9. The number of nitrogens with zero attached hydrogens (tertiary/aromatic N) is 2. The third-order valence-corrected chi connectivity index (χ3v) is 10.1. The Morgan fingerprint density at radius 2 is 1.37 bits per heavy atom. The number of anilines is 1. The summed E-state index contributed by atoms with van der Waals surface area (Å²) in [6, 6.07) is 26.6. The normalized spacial score (nSPS) is 12.3. The number of sulfonamides is 1. The molecule has 10 heteroatoms. The van der Waals surface area contributed by atoms with Crippen LogP contribution in [-0.4, -0.2) is 43.3 Å². The molecule has 0 saturated carbocycles. The van der Waals surface area contributed by atoms with Gasteiger partial charge in [-0.25, -0.2) is 8.42 Å². The number of benzene rings is 4. The molecule has 4 rings (SSSR count). The van der Waals surface area contributed by atoms with Gasteiger partial charge in [0.1, 0.15) is 12.6 Å². The van der Waals surface area contributed by atoms with E-state index in [2.05, 4.69) is 5.32 Å². The van der Waals surface area contributed by atoms with E-state index < -0.39 is 40.0 Å². The summed E-state index contributed by atoms with van der Waals surface area (Å²) in [5, 5.41) is 3.66. The average Bonchev–Trinajstić information content (AvgIpc) is 3.00. The third kappa shape index (κ3) is 8.49. The maximum Gasteiger partial charge on any atom is 0.264 e. The molecule has 0 aliphatic rings. The smallest absolute Gasteiger partial charge is 0.264 e. The molecule has 0 fully saturated rings. The zero-order chi connectivity index (χ0) is 33.6. The van der Waals surface area contributed by atoms with E-state index in [4.69, 9.17) is 23.2 Å². The van der Waals surface area contributed by atoms with E-state index in [1.54, 1.807) is 48.5 Å². The quantitative estimate of drug-likeness (QED) is 0.179. The average molecular weight is 681 g/mol. The highest BCUT2D eigenvalue weighted by molar-refractivity contribution is 7.92. The fourth-order valence-electron chi connectivity index (χ4n) is 5.10. The highest BCUT2D eigenvalue weighted by Crippen LogP contribution is 2.31. The monoisotopic (exact) mass is 679 g/mol. The molecule has 0 bridgehead atoms. The summed E-state index contributed by atoms with van der Waals surface area (Å²) >= 11 is 13.2. The molecule has 46 heavy (non-hydrogen) atoms. The first-order valence-corrected chi connectivity index (χ1v) is 17.1. The van der Waals surface area contributed by atoms with Crippen molar-refractivity contribution in [3.8, 4) is 0 Å². The van der Waals surface area contributed by atoms with Gasteiger partial charge in [-0.1, -0.05) is 89.9 Å². The minimum Gasteiger partial charge on any atom is -0.350 e. The molecule has 0 aliphatic heterocycles. The summed E-state index contributed by atoms with van der Waals surface area (Å²) < 4.78 is 29.6. The van der Waals surface area contributed by atoms with Gasteiger partial charge in [0.15, 0.2) is 0 Å². The number of halogens is 2. The second kappa shape index (κ2) is 14.7. The number of rotatable bonds is 11.